The number of cyclic esters (lactones) is 1. The number of nitrogens with zero attached hydrogens (tertiary/aromatic N) is 3. The van der Waals surface area contributed by atoms with Gasteiger partial charge in [0.1, 0.15) is 6.61 Å². The monoisotopic (exact) mass is 487 g/mol. The van der Waals surface area contributed by atoms with Crippen molar-refractivity contribution in [2.24, 2.45) is 0 Å². The minimum atomic E-state index is -0.347. The molecule has 0 atom stereocenters. The Hall–Kier alpha value is -4.08. The van der Waals surface area contributed by atoms with Crippen molar-refractivity contribution in [3.63, 3.8) is 0 Å². The molecule has 3 aromatic carbocycles. The second-order valence-electron chi connectivity index (χ2n) is 8.92. The van der Waals surface area contributed by atoms with E-state index in [1.165, 1.54) is 6.07 Å². The van der Waals surface area contributed by atoms with Crippen molar-refractivity contribution in [2.75, 3.05) is 28.1 Å². The maximum atomic E-state index is 12.7. The highest BCUT2D eigenvalue weighted by Crippen LogP contribution is 2.35. The fourth-order valence-electron chi connectivity index (χ4n) is 4.85. The smallest absolute Gasteiger partial charge is 0.414 e. The third-order valence-corrected chi connectivity index (χ3v) is 6.71. The van der Waals surface area contributed by atoms with Crippen LogP contribution in [0.5, 0.6) is 0 Å². The molecule has 0 aliphatic carbocycles. The van der Waals surface area contributed by atoms with E-state index in [0.29, 0.717) is 38.2 Å². The van der Waals surface area contributed by atoms with Gasteiger partial charge >= 0.3 is 6.09 Å². The first-order valence-electron chi connectivity index (χ1n) is 11.9. The standard InChI is InChI=1S/C27H27N4O5/c32-26(28-17-19-6-2-1-3-7-19)20-10-11-24(25(16-20)31(34)35)29-14-12-22(13-15-29)30-23-9-5-4-8-21(23)18-36-27(30)33/h1-11,16,22,34H,12-15,17-18H2,(H,28,32)/q-1. The Balaban J connectivity index is 1.28. The topological polar surface area (TPSA) is 108 Å². The van der Waals surface area contributed by atoms with Crippen molar-refractivity contribution in [3.05, 3.63) is 94.7 Å². The van der Waals surface area contributed by atoms with Gasteiger partial charge < -0.3 is 25.4 Å². The van der Waals surface area contributed by atoms with Crippen molar-refractivity contribution >= 4 is 29.1 Å². The Bertz CT molecular complexity index is 1240. The van der Waals surface area contributed by atoms with Gasteiger partial charge in [0.25, 0.3) is 5.91 Å². The molecule has 0 radical (unpaired) electrons. The van der Waals surface area contributed by atoms with E-state index < -0.39 is 0 Å². The van der Waals surface area contributed by atoms with Gasteiger partial charge in [-0.25, -0.2) is 4.79 Å². The van der Waals surface area contributed by atoms with E-state index in [1.54, 1.807) is 17.0 Å². The molecular weight excluding hydrogens is 460 g/mol. The summed E-state index contributed by atoms with van der Waals surface area (Å²) in [6, 6.07) is 21.9. The summed E-state index contributed by atoms with van der Waals surface area (Å²) in [4.78, 5) is 28.9. The number of hydrogen-bond acceptors (Lipinski definition) is 7. The molecular formula is C27H27N4O5-. The number of ether oxygens (including phenoxy) is 1. The summed E-state index contributed by atoms with van der Waals surface area (Å²) in [5.74, 6) is -0.338. The van der Waals surface area contributed by atoms with Gasteiger partial charge in [0.15, 0.2) is 0 Å². The van der Waals surface area contributed by atoms with Gasteiger partial charge in [0, 0.05) is 36.8 Å². The lowest BCUT2D eigenvalue weighted by Crippen LogP contribution is -2.49. The van der Waals surface area contributed by atoms with Gasteiger partial charge in [-0.3, -0.25) is 14.9 Å². The average molecular weight is 488 g/mol. The second kappa shape index (κ2) is 10.3. The van der Waals surface area contributed by atoms with Gasteiger partial charge in [-0.1, -0.05) is 48.5 Å². The third-order valence-electron chi connectivity index (χ3n) is 6.71. The zero-order valence-corrected chi connectivity index (χ0v) is 19.7. The summed E-state index contributed by atoms with van der Waals surface area (Å²) in [6.07, 6.45) is 0.971. The molecule has 0 spiro atoms. The number of piperidine rings is 1. The van der Waals surface area contributed by atoms with Gasteiger partial charge in [0.2, 0.25) is 0 Å². The number of hydrogen-bond donors (Lipinski definition) is 2. The first-order chi connectivity index (χ1) is 17.5. The zero-order valence-electron chi connectivity index (χ0n) is 19.7. The van der Waals surface area contributed by atoms with E-state index in [0.717, 1.165) is 16.8 Å². The fourth-order valence-corrected chi connectivity index (χ4v) is 4.85. The molecule has 0 aromatic heterocycles. The van der Waals surface area contributed by atoms with Crippen molar-refractivity contribution in [2.45, 2.75) is 32.0 Å². The summed E-state index contributed by atoms with van der Waals surface area (Å²) in [5.41, 5.74) is 3.63. The van der Waals surface area contributed by atoms with Crippen LogP contribution in [0.15, 0.2) is 72.8 Å². The Morgan fingerprint density at radius 2 is 1.75 bits per heavy atom. The predicted octanol–water partition coefficient (Wildman–Crippen LogP) is 4.44. The first-order valence-corrected chi connectivity index (χ1v) is 11.9. The third kappa shape index (κ3) is 4.84. The number of benzene rings is 3. The molecule has 36 heavy (non-hydrogen) atoms. The number of carbonyl (C=O) groups excluding carboxylic acids is 2. The van der Waals surface area contributed by atoms with E-state index in [9.17, 15) is 20.0 Å². The minimum Gasteiger partial charge on any atom is -0.733 e. The Morgan fingerprint density at radius 1 is 1.03 bits per heavy atom. The van der Waals surface area contributed by atoms with Crippen LogP contribution in [0.3, 0.4) is 0 Å². The van der Waals surface area contributed by atoms with Gasteiger partial charge in [-0.05, 0) is 42.7 Å². The highest BCUT2D eigenvalue weighted by Gasteiger charge is 2.34. The number of amides is 2. The SMILES string of the molecule is O=C(NCc1ccccc1)c1ccc(N2CCC(N3C(=O)OCc4ccccc43)CC2)c(N([O-])O)c1. The number of nitrogens with one attached hydrogen (secondary N) is 1. The van der Waals surface area contributed by atoms with Crippen LogP contribution in [0.1, 0.15) is 34.3 Å². The highest BCUT2D eigenvalue weighted by atomic mass is 16.8. The largest absolute Gasteiger partial charge is 0.733 e. The van der Waals surface area contributed by atoms with Gasteiger partial charge in [0.05, 0.1) is 17.1 Å². The van der Waals surface area contributed by atoms with Crippen molar-refractivity contribution in [3.8, 4) is 0 Å². The highest BCUT2D eigenvalue weighted by molar-refractivity contribution is 5.96. The van der Waals surface area contributed by atoms with Gasteiger partial charge in [-0.2, -0.15) is 0 Å². The summed E-state index contributed by atoms with van der Waals surface area (Å²) >= 11 is 0. The molecule has 0 saturated carbocycles. The first kappa shape index (κ1) is 23.7. The molecule has 2 N–H and O–H groups in total. The predicted molar refractivity (Wildman–Crippen MR) is 136 cm³/mol. The van der Waals surface area contributed by atoms with Crippen LogP contribution in [-0.4, -0.2) is 36.3 Å². The van der Waals surface area contributed by atoms with Crippen LogP contribution < -0.4 is 20.3 Å². The number of fused-ring (bicyclic) bond motifs is 1. The Morgan fingerprint density at radius 3 is 2.50 bits per heavy atom. The molecule has 9 heteroatoms. The van der Waals surface area contributed by atoms with Crippen LogP contribution in [0, 0.1) is 5.21 Å². The summed E-state index contributed by atoms with van der Waals surface area (Å²) in [7, 11) is 0. The Labute approximate surface area is 209 Å². The number of rotatable bonds is 6. The molecule has 0 bridgehead atoms. The van der Waals surface area contributed by atoms with E-state index in [-0.39, 0.29) is 41.1 Å². The normalized spacial score (nSPS) is 15.8. The van der Waals surface area contributed by atoms with E-state index in [2.05, 4.69) is 5.32 Å². The van der Waals surface area contributed by atoms with E-state index in [4.69, 9.17) is 4.74 Å². The van der Waals surface area contributed by atoms with Crippen molar-refractivity contribution in [1.82, 2.24) is 5.32 Å². The molecule has 3 aromatic rings. The molecule has 0 unspecified atom stereocenters. The Kier molecular flexibility index (Phi) is 6.75. The van der Waals surface area contributed by atoms with Crippen LogP contribution >= 0.6 is 0 Å². The average Bonchev–Trinajstić information content (AvgIpc) is 2.92. The second-order valence-corrected chi connectivity index (χ2v) is 8.92. The van der Waals surface area contributed by atoms with Crippen LogP contribution in [0.2, 0.25) is 0 Å². The van der Waals surface area contributed by atoms with E-state index in [1.807, 2.05) is 59.5 Å². The van der Waals surface area contributed by atoms with Crippen molar-refractivity contribution in [1.29, 1.82) is 0 Å². The maximum absolute atomic E-state index is 12.7. The van der Waals surface area contributed by atoms with Crippen molar-refractivity contribution < 1.29 is 19.5 Å². The molecule has 5 rings (SSSR count). The summed E-state index contributed by atoms with van der Waals surface area (Å²) in [5, 5.41) is 24.4. The quantitative estimate of drug-likeness (QED) is 0.495. The van der Waals surface area contributed by atoms with Crippen LogP contribution in [0.4, 0.5) is 21.9 Å². The molecule has 2 amide bonds. The number of para-hydroxylation sites is 1. The molecule has 186 valence electrons. The number of anilines is 3. The molecule has 1 saturated heterocycles. The summed E-state index contributed by atoms with van der Waals surface area (Å²) in [6.45, 7) is 1.76. The molecule has 2 aliphatic heterocycles. The molecule has 2 aliphatic rings. The fraction of sp³-hybridized carbons (Fsp3) is 0.259. The molecule has 9 nitrogen and oxygen atoms in total. The van der Waals surface area contributed by atoms with Crippen LogP contribution in [-0.2, 0) is 17.9 Å². The minimum absolute atomic E-state index is 0.00328. The number of carbonyl (C=O) groups is 2. The lowest BCUT2D eigenvalue weighted by atomic mass is 9.99. The molecule has 1 fully saturated rings. The lowest BCUT2D eigenvalue weighted by molar-refractivity contribution is 0.0951. The molecule has 2 heterocycles. The van der Waals surface area contributed by atoms with Crippen LogP contribution in [0.25, 0.3) is 0 Å². The van der Waals surface area contributed by atoms with E-state index >= 15 is 0 Å². The maximum Gasteiger partial charge on any atom is 0.414 e. The zero-order chi connectivity index (χ0) is 25.1. The van der Waals surface area contributed by atoms with Gasteiger partial charge in [-0.15, -0.1) is 0 Å². The lowest BCUT2D eigenvalue weighted by Gasteiger charge is -2.42. The summed E-state index contributed by atoms with van der Waals surface area (Å²) < 4.78 is 5.37.